The number of hydrogen-bond donors (Lipinski definition) is 1. The molecule has 14 heavy (non-hydrogen) atoms. The molecule has 1 aliphatic heterocycles. The molecule has 1 aliphatic carbocycles. The fourth-order valence-corrected chi connectivity index (χ4v) is 2.97. The van der Waals surface area contributed by atoms with Crippen LogP contribution in [0.1, 0.15) is 44.9 Å². The van der Waals surface area contributed by atoms with Crippen LogP contribution in [-0.2, 0) is 0 Å². The van der Waals surface area contributed by atoms with E-state index < -0.39 is 0 Å². The number of rotatable bonds is 4. The standard InChI is InChI=1S/C12H23NO/c14-12(9-11-5-1-2-6-11)10-13-7-3-4-8-13/h11-12,14H,1-10H2. The SMILES string of the molecule is OC(CC1CCCC1)CN1CCCC1. The number of aliphatic hydroxyl groups excluding tert-OH is 1. The van der Waals surface area contributed by atoms with Crippen molar-refractivity contribution in [2.75, 3.05) is 19.6 Å². The summed E-state index contributed by atoms with van der Waals surface area (Å²) in [6.45, 7) is 3.35. The van der Waals surface area contributed by atoms with Gasteiger partial charge >= 0.3 is 0 Å². The molecule has 2 heteroatoms. The minimum atomic E-state index is -0.0591. The predicted molar refractivity (Wildman–Crippen MR) is 58.3 cm³/mol. The van der Waals surface area contributed by atoms with Gasteiger partial charge in [0.2, 0.25) is 0 Å². The van der Waals surface area contributed by atoms with Crippen molar-refractivity contribution < 1.29 is 5.11 Å². The van der Waals surface area contributed by atoms with Gasteiger partial charge in [-0.25, -0.2) is 0 Å². The second kappa shape index (κ2) is 5.13. The number of β-amino-alcohol motifs (C(OH)–C–C–N with tert-alkyl or cyclic N) is 1. The Morgan fingerprint density at radius 1 is 1.07 bits per heavy atom. The van der Waals surface area contributed by atoms with Gasteiger partial charge in [0.15, 0.2) is 0 Å². The Balaban J connectivity index is 1.64. The fraction of sp³-hybridized carbons (Fsp3) is 1.00. The van der Waals surface area contributed by atoms with Crippen LogP contribution in [0.4, 0.5) is 0 Å². The maximum atomic E-state index is 9.93. The molecular weight excluding hydrogens is 174 g/mol. The Hall–Kier alpha value is -0.0800. The van der Waals surface area contributed by atoms with Crippen LogP contribution in [0.3, 0.4) is 0 Å². The van der Waals surface area contributed by atoms with E-state index >= 15 is 0 Å². The number of aliphatic hydroxyl groups is 1. The van der Waals surface area contributed by atoms with E-state index in [1.165, 1.54) is 51.6 Å². The smallest absolute Gasteiger partial charge is 0.0669 e. The molecule has 2 rings (SSSR count). The number of hydrogen-bond acceptors (Lipinski definition) is 2. The molecule has 0 spiro atoms. The highest BCUT2D eigenvalue weighted by Gasteiger charge is 2.21. The largest absolute Gasteiger partial charge is 0.392 e. The summed E-state index contributed by atoms with van der Waals surface area (Å²) in [5.74, 6) is 0.826. The van der Waals surface area contributed by atoms with Crippen LogP contribution in [-0.4, -0.2) is 35.7 Å². The van der Waals surface area contributed by atoms with Crippen molar-refractivity contribution in [2.24, 2.45) is 5.92 Å². The van der Waals surface area contributed by atoms with Crippen molar-refractivity contribution >= 4 is 0 Å². The molecule has 82 valence electrons. The molecule has 1 atom stereocenters. The van der Waals surface area contributed by atoms with E-state index in [0.717, 1.165) is 18.9 Å². The molecular formula is C12H23NO. The molecule has 0 aromatic rings. The van der Waals surface area contributed by atoms with Crippen LogP contribution in [0.2, 0.25) is 0 Å². The summed E-state index contributed by atoms with van der Waals surface area (Å²) in [5, 5.41) is 9.93. The minimum absolute atomic E-state index is 0.0591. The quantitative estimate of drug-likeness (QED) is 0.745. The molecule has 0 aromatic carbocycles. The zero-order valence-electron chi connectivity index (χ0n) is 9.12. The highest BCUT2D eigenvalue weighted by molar-refractivity contribution is 4.75. The lowest BCUT2D eigenvalue weighted by Gasteiger charge is -2.21. The van der Waals surface area contributed by atoms with Crippen molar-refractivity contribution in [1.82, 2.24) is 4.90 Å². The van der Waals surface area contributed by atoms with Gasteiger partial charge in [-0.3, -0.25) is 0 Å². The van der Waals surface area contributed by atoms with E-state index in [2.05, 4.69) is 4.90 Å². The van der Waals surface area contributed by atoms with E-state index in [1.54, 1.807) is 0 Å². The van der Waals surface area contributed by atoms with Crippen LogP contribution < -0.4 is 0 Å². The predicted octanol–water partition coefficient (Wildman–Crippen LogP) is 2.02. The fourth-order valence-electron chi connectivity index (χ4n) is 2.97. The summed E-state index contributed by atoms with van der Waals surface area (Å²) in [6.07, 6.45) is 9.15. The molecule has 0 aromatic heterocycles. The van der Waals surface area contributed by atoms with Gasteiger partial charge in [-0.2, -0.15) is 0 Å². The molecule has 2 aliphatic rings. The first-order chi connectivity index (χ1) is 6.84. The van der Waals surface area contributed by atoms with E-state index in [4.69, 9.17) is 0 Å². The Kier molecular flexibility index (Phi) is 3.82. The average molecular weight is 197 g/mol. The summed E-state index contributed by atoms with van der Waals surface area (Å²) >= 11 is 0. The van der Waals surface area contributed by atoms with Gasteiger partial charge in [0.1, 0.15) is 0 Å². The normalized spacial score (nSPS) is 27.2. The molecule has 2 fully saturated rings. The van der Waals surface area contributed by atoms with Crippen molar-refractivity contribution in [2.45, 2.75) is 51.0 Å². The first-order valence-corrected chi connectivity index (χ1v) is 6.25. The zero-order valence-corrected chi connectivity index (χ0v) is 9.12. The summed E-state index contributed by atoms with van der Waals surface area (Å²) in [6, 6.07) is 0. The van der Waals surface area contributed by atoms with Crippen LogP contribution in [0.25, 0.3) is 0 Å². The second-order valence-electron chi connectivity index (χ2n) is 5.05. The van der Waals surface area contributed by atoms with Gasteiger partial charge in [0.25, 0.3) is 0 Å². The number of likely N-dealkylation sites (tertiary alicyclic amines) is 1. The lowest BCUT2D eigenvalue weighted by Crippen LogP contribution is -2.31. The third-order valence-electron chi connectivity index (χ3n) is 3.75. The average Bonchev–Trinajstić information content (AvgIpc) is 2.76. The second-order valence-corrected chi connectivity index (χ2v) is 5.05. The molecule has 0 bridgehead atoms. The Morgan fingerprint density at radius 2 is 1.71 bits per heavy atom. The van der Waals surface area contributed by atoms with Crippen LogP contribution in [0.15, 0.2) is 0 Å². The third kappa shape index (κ3) is 2.96. The maximum Gasteiger partial charge on any atom is 0.0669 e. The van der Waals surface area contributed by atoms with Crippen LogP contribution >= 0.6 is 0 Å². The molecule has 1 heterocycles. The first kappa shape index (κ1) is 10.4. The van der Waals surface area contributed by atoms with Gasteiger partial charge < -0.3 is 10.0 Å². The lowest BCUT2D eigenvalue weighted by molar-refractivity contribution is 0.101. The van der Waals surface area contributed by atoms with Crippen molar-refractivity contribution in [1.29, 1.82) is 0 Å². The van der Waals surface area contributed by atoms with E-state index in [-0.39, 0.29) is 6.10 Å². The minimum Gasteiger partial charge on any atom is -0.392 e. The molecule has 0 radical (unpaired) electrons. The Bertz CT molecular complexity index is 142. The summed E-state index contributed by atoms with van der Waals surface area (Å²) in [5.41, 5.74) is 0. The van der Waals surface area contributed by atoms with Gasteiger partial charge in [-0.1, -0.05) is 25.7 Å². The molecule has 1 saturated heterocycles. The highest BCUT2D eigenvalue weighted by Crippen LogP contribution is 2.28. The first-order valence-electron chi connectivity index (χ1n) is 6.25. The summed E-state index contributed by atoms with van der Waals surface area (Å²) < 4.78 is 0. The number of nitrogens with zero attached hydrogens (tertiary/aromatic N) is 1. The van der Waals surface area contributed by atoms with Crippen molar-refractivity contribution in [3.8, 4) is 0 Å². The lowest BCUT2D eigenvalue weighted by atomic mass is 10.00. The monoisotopic (exact) mass is 197 g/mol. The van der Waals surface area contributed by atoms with Gasteiger partial charge in [0, 0.05) is 6.54 Å². The Labute approximate surface area is 87.3 Å². The topological polar surface area (TPSA) is 23.5 Å². The highest BCUT2D eigenvalue weighted by atomic mass is 16.3. The molecule has 1 N–H and O–H groups in total. The summed E-state index contributed by atoms with van der Waals surface area (Å²) in [4.78, 5) is 2.42. The van der Waals surface area contributed by atoms with E-state index in [1.807, 2.05) is 0 Å². The maximum absolute atomic E-state index is 9.93. The van der Waals surface area contributed by atoms with Crippen LogP contribution in [0, 0.1) is 5.92 Å². The Morgan fingerprint density at radius 3 is 2.36 bits per heavy atom. The van der Waals surface area contributed by atoms with E-state index in [9.17, 15) is 5.11 Å². The third-order valence-corrected chi connectivity index (χ3v) is 3.75. The van der Waals surface area contributed by atoms with Crippen LogP contribution in [0.5, 0.6) is 0 Å². The zero-order chi connectivity index (χ0) is 9.80. The molecule has 1 unspecified atom stereocenters. The van der Waals surface area contributed by atoms with Gasteiger partial charge in [-0.05, 0) is 38.3 Å². The van der Waals surface area contributed by atoms with Gasteiger partial charge in [-0.15, -0.1) is 0 Å². The molecule has 0 amide bonds. The molecule has 1 saturated carbocycles. The molecule has 2 nitrogen and oxygen atoms in total. The summed E-state index contributed by atoms with van der Waals surface area (Å²) in [7, 11) is 0. The van der Waals surface area contributed by atoms with Gasteiger partial charge in [0.05, 0.1) is 6.10 Å². The van der Waals surface area contributed by atoms with Crippen molar-refractivity contribution in [3.63, 3.8) is 0 Å². The van der Waals surface area contributed by atoms with E-state index in [0.29, 0.717) is 0 Å². The van der Waals surface area contributed by atoms with Crippen molar-refractivity contribution in [3.05, 3.63) is 0 Å².